The van der Waals surface area contributed by atoms with Crippen LogP contribution in [0.2, 0.25) is 0 Å². The van der Waals surface area contributed by atoms with Crippen molar-refractivity contribution in [2.75, 3.05) is 20.3 Å². The summed E-state index contributed by atoms with van der Waals surface area (Å²) in [6.45, 7) is 5.22. The Labute approximate surface area is 109 Å². The van der Waals surface area contributed by atoms with Crippen molar-refractivity contribution in [1.29, 1.82) is 0 Å². The van der Waals surface area contributed by atoms with E-state index in [1.807, 2.05) is 26.0 Å². The van der Waals surface area contributed by atoms with Crippen molar-refractivity contribution < 1.29 is 14.9 Å². The second kappa shape index (κ2) is 7.36. The van der Waals surface area contributed by atoms with Crippen LogP contribution in [0, 0.1) is 13.8 Å². The fourth-order valence-corrected chi connectivity index (χ4v) is 2.01. The van der Waals surface area contributed by atoms with Crippen molar-refractivity contribution >= 4 is 0 Å². The number of benzene rings is 1. The number of methoxy groups -OCH3 is 1. The Morgan fingerprint density at radius 1 is 1.28 bits per heavy atom. The molecule has 0 saturated heterocycles. The molecule has 1 atom stereocenters. The summed E-state index contributed by atoms with van der Waals surface area (Å²) in [7, 11) is 1.65. The molecule has 1 aromatic rings. The van der Waals surface area contributed by atoms with Crippen molar-refractivity contribution in [2.24, 2.45) is 0 Å². The van der Waals surface area contributed by atoms with E-state index in [4.69, 9.17) is 9.84 Å². The molecule has 4 heteroatoms. The molecule has 0 bridgehead atoms. The minimum absolute atomic E-state index is 0.147. The van der Waals surface area contributed by atoms with Crippen LogP contribution in [0.5, 0.6) is 5.75 Å². The van der Waals surface area contributed by atoms with Crippen molar-refractivity contribution in [3.8, 4) is 5.75 Å². The maximum Gasteiger partial charge on any atom is 0.121 e. The van der Waals surface area contributed by atoms with Gasteiger partial charge in [-0.3, -0.25) is 0 Å². The van der Waals surface area contributed by atoms with E-state index in [1.165, 1.54) is 0 Å². The summed E-state index contributed by atoms with van der Waals surface area (Å²) in [6.07, 6.45) is 0.671. The van der Waals surface area contributed by atoms with Crippen LogP contribution in [0.15, 0.2) is 12.1 Å². The Hall–Kier alpha value is -1.10. The van der Waals surface area contributed by atoms with Gasteiger partial charge in [0, 0.05) is 26.3 Å². The summed E-state index contributed by atoms with van der Waals surface area (Å²) >= 11 is 0. The highest BCUT2D eigenvalue weighted by Gasteiger charge is 2.08. The van der Waals surface area contributed by atoms with Crippen LogP contribution in [0.1, 0.15) is 23.1 Å². The van der Waals surface area contributed by atoms with Gasteiger partial charge in [-0.25, -0.2) is 0 Å². The molecule has 0 aromatic heterocycles. The smallest absolute Gasteiger partial charge is 0.121 e. The molecule has 0 fully saturated rings. The molecule has 0 saturated carbocycles. The zero-order chi connectivity index (χ0) is 13.5. The Balaban J connectivity index is 2.61. The number of nitrogens with one attached hydrogen (secondary N) is 1. The fraction of sp³-hybridized carbons (Fsp3) is 0.571. The van der Waals surface area contributed by atoms with E-state index in [-0.39, 0.29) is 12.6 Å². The number of aliphatic hydroxyl groups is 1. The van der Waals surface area contributed by atoms with Crippen LogP contribution in [-0.2, 0) is 11.3 Å². The lowest BCUT2D eigenvalue weighted by Gasteiger charge is -2.17. The zero-order valence-electron chi connectivity index (χ0n) is 11.4. The van der Waals surface area contributed by atoms with E-state index in [2.05, 4.69) is 5.32 Å². The van der Waals surface area contributed by atoms with Crippen LogP contribution in [-0.4, -0.2) is 36.6 Å². The van der Waals surface area contributed by atoms with Crippen LogP contribution < -0.4 is 5.32 Å². The van der Waals surface area contributed by atoms with E-state index in [9.17, 15) is 5.11 Å². The average Bonchev–Trinajstić information content (AvgIpc) is 2.33. The summed E-state index contributed by atoms with van der Waals surface area (Å²) in [5.74, 6) is 0.363. The molecular weight excluding hydrogens is 230 g/mol. The van der Waals surface area contributed by atoms with Gasteiger partial charge < -0.3 is 20.3 Å². The normalized spacial score (nSPS) is 12.7. The molecule has 0 spiro atoms. The number of aliphatic hydroxyl groups excluding tert-OH is 1. The summed E-state index contributed by atoms with van der Waals surface area (Å²) in [5.41, 5.74) is 2.90. The molecule has 0 aliphatic rings. The number of hydrogen-bond acceptors (Lipinski definition) is 4. The van der Waals surface area contributed by atoms with Gasteiger partial charge in [0.2, 0.25) is 0 Å². The van der Waals surface area contributed by atoms with Gasteiger partial charge in [0.25, 0.3) is 0 Å². The molecule has 0 aliphatic carbocycles. The number of phenolic OH excluding ortho intramolecular Hbond substituents is 1. The standard InChI is InChI=1S/C14H23NO3/c1-10-6-12(7-11(2)14(10)17)8-15-13(4-5-16)9-18-3/h6-7,13,15-17H,4-5,8-9H2,1-3H3. The summed E-state index contributed by atoms with van der Waals surface area (Å²) < 4.78 is 5.10. The number of rotatable bonds is 7. The van der Waals surface area contributed by atoms with Gasteiger partial charge in [-0.2, -0.15) is 0 Å². The molecule has 0 heterocycles. The summed E-state index contributed by atoms with van der Waals surface area (Å²) in [5, 5.41) is 22.0. The number of ether oxygens (including phenoxy) is 1. The van der Waals surface area contributed by atoms with Crippen LogP contribution in [0.3, 0.4) is 0 Å². The summed E-state index contributed by atoms with van der Waals surface area (Å²) in [4.78, 5) is 0. The maximum absolute atomic E-state index is 9.70. The fourth-order valence-electron chi connectivity index (χ4n) is 2.01. The second-order valence-electron chi connectivity index (χ2n) is 4.62. The monoisotopic (exact) mass is 253 g/mol. The predicted molar refractivity (Wildman–Crippen MR) is 71.8 cm³/mol. The van der Waals surface area contributed by atoms with E-state index in [1.54, 1.807) is 7.11 Å². The first kappa shape index (κ1) is 15.0. The minimum Gasteiger partial charge on any atom is -0.507 e. The van der Waals surface area contributed by atoms with E-state index in [0.717, 1.165) is 16.7 Å². The first-order valence-corrected chi connectivity index (χ1v) is 6.20. The Kier molecular flexibility index (Phi) is 6.12. The third-order valence-corrected chi connectivity index (χ3v) is 2.99. The highest BCUT2D eigenvalue weighted by atomic mass is 16.5. The maximum atomic E-state index is 9.70. The first-order chi connectivity index (χ1) is 8.58. The van der Waals surface area contributed by atoms with Crippen LogP contribution in [0.4, 0.5) is 0 Å². The molecule has 0 radical (unpaired) electrons. The third-order valence-electron chi connectivity index (χ3n) is 2.99. The molecule has 0 amide bonds. The lowest BCUT2D eigenvalue weighted by Crippen LogP contribution is -2.33. The summed E-state index contributed by atoms with van der Waals surface area (Å²) in [6, 6.07) is 4.09. The van der Waals surface area contributed by atoms with Gasteiger partial charge in [0.05, 0.1) is 6.61 Å². The molecule has 4 nitrogen and oxygen atoms in total. The SMILES string of the molecule is COCC(CCO)NCc1cc(C)c(O)c(C)c1. The Morgan fingerprint density at radius 3 is 2.39 bits per heavy atom. The van der Waals surface area contributed by atoms with Crippen LogP contribution in [0.25, 0.3) is 0 Å². The molecular formula is C14H23NO3. The Bertz CT molecular complexity index is 350. The molecule has 1 unspecified atom stereocenters. The average molecular weight is 253 g/mol. The van der Waals surface area contributed by atoms with E-state index < -0.39 is 0 Å². The largest absolute Gasteiger partial charge is 0.507 e. The van der Waals surface area contributed by atoms with Crippen LogP contribution >= 0.6 is 0 Å². The van der Waals surface area contributed by atoms with Crippen molar-refractivity contribution in [3.63, 3.8) is 0 Å². The molecule has 1 aromatic carbocycles. The highest BCUT2D eigenvalue weighted by molar-refractivity contribution is 5.42. The molecule has 0 aliphatic heterocycles. The van der Waals surface area contributed by atoms with Crippen molar-refractivity contribution in [1.82, 2.24) is 5.32 Å². The van der Waals surface area contributed by atoms with Gasteiger partial charge in [-0.15, -0.1) is 0 Å². The number of aromatic hydroxyl groups is 1. The van der Waals surface area contributed by atoms with Gasteiger partial charge in [0.1, 0.15) is 5.75 Å². The molecule has 102 valence electrons. The van der Waals surface area contributed by atoms with Gasteiger partial charge in [-0.05, 0) is 37.0 Å². The number of aryl methyl sites for hydroxylation is 2. The van der Waals surface area contributed by atoms with Crippen molar-refractivity contribution in [2.45, 2.75) is 32.9 Å². The number of hydrogen-bond donors (Lipinski definition) is 3. The quantitative estimate of drug-likeness (QED) is 0.689. The van der Waals surface area contributed by atoms with Gasteiger partial charge >= 0.3 is 0 Å². The van der Waals surface area contributed by atoms with Gasteiger partial charge in [-0.1, -0.05) is 12.1 Å². The highest BCUT2D eigenvalue weighted by Crippen LogP contribution is 2.22. The number of phenols is 1. The topological polar surface area (TPSA) is 61.7 Å². The lowest BCUT2D eigenvalue weighted by molar-refractivity contribution is 0.148. The Morgan fingerprint density at radius 2 is 1.89 bits per heavy atom. The van der Waals surface area contributed by atoms with Crippen molar-refractivity contribution in [3.05, 3.63) is 28.8 Å². The zero-order valence-corrected chi connectivity index (χ0v) is 11.4. The molecule has 3 N–H and O–H groups in total. The molecule has 1 rings (SSSR count). The van der Waals surface area contributed by atoms with E-state index in [0.29, 0.717) is 25.3 Å². The third kappa shape index (κ3) is 4.29. The minimum atomic E-state index is 0.147. The molecule has 18 heavy (non-hydrogen) atoms. The second-order valence-corrected chi connectivity index (χ2v) is 4.62. The predicted octanol–water partition coefficient (Wildman–Crippen LogP) is 1.50. The van der Waals surface area contributed by atoms with Gasteiger partial charge in [0.15, 0.2) is 0 Å². The van der Waals surface area contributed by atoms with E-state index >= 15 is 0 Å². The first-order valence-electron chi connectivity index (χ1n) is 6.20. The lowest BCUT2D eigenvalue weighted by atomic mass is 10.1.